The molecule has 2 N–H and O–H groups in total. The zero-order valence-electron chi connectivity index (χ0n) is 25.3. The van der Waals surface area contributed by atoms with Crippen molar-refractivity contribution in [1.82, 2.24) is 9.80 Å². The molecule has 0 radical (unpaired) electrons. The molecule has 11 heteroatoms. The van der Waals surface area contributed by atoms with Gasteiger partial charge in [0.15, 0.2) is 10.9 Å². The minimum Gasteiger partial charge on any atom is -1.00 e. The molecule has 0 aromatic heterocycles. The SMILES string of the molecule is NC(=S)N1CCC(c2ccccc2)C1.O=C(CC(=S)N1CCC(c2ccccc2)C1)c1ccccc1.O=CO[O-].[H-].[K+].[K+]. The van der Waals surface area contributed by atoms with E-state index < -0.39 is 0 Å². The van der Waals surface area contributed by atoms with Crippen molar-refractivity contribution in [3.63, 3.8) is 0 Å². The molecule has 0 amide bonds. The van der Waals surface area contributed by atoms with Gasteiger partial charge < -0.3 is 27.1 Å². The summed E-state index contributed by atoms with van der Waals surface area (Å²) in [6, 6.07) is 30.5. The van der Waals surface area contributed by atoms with Crippen molar-refractivity contribution in [2.45, 2.75) is 31.1 Å². The molecular weight excluding hydrogens is 621 g/mol. The van der Waals surface area contributed by atoms with Crippen LogP contribution in [-0.2, 0) is 9.68 Å². The molecule has 3 aromatic rings. The quantitative estimate of drug-likeness (QED) is 0.0837. The molecule has 2 heterocycles. The van der Waals surface area contributed by atoms with E-state index in [1.807, 2.05) is 42.5 Å². The largest absolute Gasteiger partial charge is 1.00 e. The first-order valence-electron chi connectivity index (χ1n) is 13.2. The molecule has 2 saturated heterocycles. The first kappa shape index (κ1) is 39.6. The molecule has 0 saturated carbocycles. The molecular formula is C31H35K2N3O4S2. The third-order valence-corrected chi connectivity index (χ3v) is 7.69. The normalized spacial score (nSPS) is 16.7. The molecule has 5 rings (SSSR count). The Morgan fingerprint density at radius 2 is 1.24 bits per heavy atom. The Labute approximate surface area is 345 Å². The van der Waals surface area contributed by atoms with E-state index in [1.54, 1.807) is 0 Å². The van der Waals surface area contributed by atoms with Gasteiger partial charge in [-0.15, -0.1) is 0 Å². The number of hydrogen-bond acceptors (Lipinski definition) is 6. The minimum atomic E-state index is -0.181. The van der Waals surface area contributed by atoms with Gasteiger partial charge in [0.05, 0.1) is 11.4 Å². The number of benzene rings is 3. The molecule has 2 fully saturated rings. The topological polar surface area (TPSA) is 98.9 Å². The van der Waals surface area contributed by atoms with E-state index in [9.17, 15) is 4.79 Å². The number of carbonyl (C=O) groups excluding carboxylic acids is 2. The van der Waals surface area contributed by atoms with Crippen LogP contribution in [0.15, 0.2) is 91.0 Å². The van der Waals surface area contributed by atoms with Crippen LogP contribution >= 0.6 is 24.4 Å². The third kappa shape index (κ3) is 13.3. The smallest absolute Gasteiger partial charge is 1.00 e. The Balaban J connectivity index is 0.000000730. The molecule has 2 atom stereocenters. The van der Waals surface area contributed by atoms with Crippen molar-refractivity contribution in [2.75, 3.05) is 26.2 Å². The van der Waals surface area contributed by atoms with E-state index in [2.05, 4.69) is 63.2 Å². The van der Waals surface area contributed by atoms with E-state index in [0.717, 1.165) is 49.6 Å². The average molecular weight is 656 g/mol. The van der Waals surface area contributed by atoms with Crippen LogP contribution < -0.4 is 114 Å². The van der Waals surface area contributed by atoms with Crippen LogP contribution in [-0.4, -0.2) is 58.3 Å². The van der Waals surface area contributed by atoms with Gasteiger partial charge in [-0.2, -0.15) is 0 Å². The summed E-state index contributed by atoms with van der Waals surface area (Å²) in [7, 11) is 0. The van der Waals surface area contributed by atoms with Gasteiger partial charge in [-0.3, -0.25) is 9.59 Å². The van der Waals surface area contributed by atoms with Crippen LogP contribution in [0, 0.1) is 0 Å². The van der Waals surface area contributed by atoms with Crippen molar-refractivity contribution in [1.29, 1.82) is 0 Å². The molecule has 0 aliphatic carbocycles. The fourth-order valence-electron chi connectivity index (χ4n) is 4.92. The van der Waals surface area contributed by atoms with E-state index in [0.29, 0.717) is 23.4 Å². The summed E-state index contributed by atoms with van der Waals surface area (Å²) in [5, 5.41) is 8.96. The summed E-state index contributed by atoms with van der Waals surface area (Å²) in [4.78, 5) is 28.5. The molecule has 2 aliphatic heterocycles. The van der Waals surface area contributed by atoms with Crippen molar-refractivity contribution >= 4 is 46.8 Å². The summed E-state index contributed by atoms with van der Waals surface area (Å²) in [6.45, 7) is 3.65. The molecule has 0 bridgehead atoms. The Hall–Kier alpha value is -0.387. The second-order valence-electron chi connectivity index (χ2n) is 9.58. The van der Waals surface area contributed by atoms with Gasteiger partial charge in [-0.05, 0) is 36.2 Å². The first-order chi connectivity index (χ1) is 19.4. The number of nitrogens with zero attached hydrogens (tertiary/aromatic N) is 2. The van der Waals surface area contributed by atoms with Crippen LogP contribution in [0.3, 0.4) is 0 Å². The zero-order valence-corrected chi connectivity index (χ0v) is 32.1. The second-order valence-corrected chi connectivity index (χ2v) is 10.5. The van der Waals surface area contributed by atoms with Crippen molar-refractivity contribution in [3.05, 3.63) is 108 Å². The fraction of sp³-hybridized carbons (Fsp3) is 0.290. The van der Waals surface area contributed by atoms with Crippen molar-refractivity contribution in [3.8, 4) is 0 Å². The van der Waals surface area contributed by atoms with Crippen molar-refractivity contribution < 1.29 is 124 Å². The van der Waals surface area contributed by atoms with Gasteiger partial charge in [-0.1, -0.05) is 103 Å². The van der Waals surface area contributed by atoms with Gasteiger partial charge in [-0.25, -0.2) is 0 Å². The number of hydrogen-bond donors (Lipinski definition) is 1. The van der Waals surface area contributed by atoms with E-state index >= 15 is 0 Å². The predicted octanol–water partition coefficient (Wildman–Crippen LogP) is -1.65. The maximum absolute atomic E-state index is 12.2. The Bertz CT molecular complexity index is 1250. The number of ketones is 1. The molecule has 7 nitrogen and oxygen atoms in total. The van der Waals surface area contributed by atoms with Gasteiger partial charge in [0.25, 0.3) is 6.47 Å². The monoisotopic (exact) mass is 655 g/mol. The van der Waals surface area contributed by atoms with Crippen LogP contribution in [0.2, 0.25) is 0 Å². The molecule has 0 spiro atoms. The molecule has 42 heavy (non-hydrogen) atoms. The molecule has 3 aromatic carbocycles. The van der Waals surface area contributed by atoms with Gasteiger partial charge in [0.2, 0.25) is 0 Å². The number of Topliss-reactive ketones (excluding diaryl/α,β-unsaturated/α-hetero) is 1. The van der Waals surface area contributed by atoms with Crippen LogP contribution in [0.1, 0.15) is 54.0 Å². The van der Waals surface area contributed by atoms with Crippen LogP contribution in [0.25, 0.3) is 0 Å². The van der Waals surface area contributed by atoms with Crippen molar-refractivity contribution in [2.24, 2.45) is 5.73 Å². The number of nitrogens with two attached hydrogens (primary N) is 1. The summed E-state index contributed by atoms with van der Waals surface area (Å²) in [6.07, 6.45) is 2.59. The maximum Gasteiger partial charge on any atom is 1.00 e. The molecule has 2 unspecified atom stereocenters. The third-order valence-electron chi connectivity index (χ3n) is 7.03. The first-order valence-corrected chi connectivity index (χ1v) is 14.0. The zero-order chi connectivity index (χ0) is 28.7. The van der Waals surface area contributed by atoms with Gasteiger partial charge in [0.1, 0.15) is 0 Å². The minimum absolute atomic E-state index is 0. The summed E-state index contributed by atoms with van der Waals surface area (Å²) in [5.74, 6) is 1.22. The molecule has 2 aliphatic rings. The Morgan fingerprint density at radius 3 is 1.64 bits per heavy atom. The fourth-order valence-corrected chi connectivity index (χ4v) is 5.38. The average Bonchev–Trinajstić information content (AvgIpc) is 3.70. The van der Waals surface area contributed by atoms with E-state index in [1.165, 1.54) is 11.1 Å². The van der Waals surface area contributed by atoms with E-state index in [-0.39, 0.29) is 116 Å². The Morgan fingerprint density at radius 1 is 0.833 bits per heavy atom. The standard InChI is InChI=1S/C19H19NOS.C11H14N2S.CH2O3.2K.H/c21-18(16-9-5-2-6-10-16)13-19(22)20-12-11-17(14-20)15-7-3-1-4-8-15;12-11(14)13-7-6-10(8-13)9-4-2-1-3-5-9;2-1-4-3;;;/h1-10,17H,11-14H2;1-5,10H,6-8H2,(H2,12,14);1,3H;;;/q;;;2*+1;-1/p-1. The van der Waals surface area contributed by atoms with Gasteiger partial charge >= 0.3 is 103 Å². The molecule has 212 valence electrons. The summed E-state index contributed by atoms with van der Waals surface area (Å²) >= 11 is 10.5. The summed E-state index contributed by atoms with van der Waals surface area (Å²) in [5.41, 5.74) is 9.09. The van der Waals surface area contributed by atoms with Gasteiger partial charge in [0, 0.05) is 43.6 Å². The number of carbonyl (C=O) groups is 2. The van der Waals surface area contributed by atoms with Crippen LogP contribution in [0.4, 0.5) is 0 Å². The predicted molar refractivity (Wildman–Crippen MR) is 164 cm³/mol. The van der Waals surface area contributed by atoms with Crippen LogP contribution in [0.5, 0.6) is 0 Å². The Kier molecular flexibility index (Phi) is 20.9. The second kappa shape index (κ2) is 22.2. The maximum atomic E-state index is 12.2. The number of rotatable bonds is 6. The van der Waals surface area contributed by atoms with E-state index in [4.69, 9.17) is 40.2 Å². The number of thiocarbonyl (C=S) groups is 2. The summed E-state index contributed by atoms with van der Waals surface area (Å²) < 4.78 is 0. The number of likely N-dealkylation sites (tertiary alicyclic amines) is 2.